The highest BCUT2D eigenvalue weighted by Gasteiger charge is 2.14. The number of carbonyl (C=O) groups is 2. The highest BCUT2D eigenvalue weighted by molar-refractivity contribution is 7.80. The molecule has 0 aromatic heterocycles. The summed E-state index contributed by atoms with van der Waals surface area (Å²) >= 11 is 5.07. The summed E-state index contributed by atoms with van der Waals surface area (Å²) in [5.74, 6) is 0.677. The molecule has 1 atom stereocenters. The van der Waals surface area contributed by atoms with Crippen LogP contribution < -0.4 is 25.6 Å². The van der Waals surface area contributed by atoms with Crippen molar-refractivity contribution < 1.29 is 19.1 Å². The summed E-state index contributed by atoms with van der Waals surface area (Å²) in [6.07, 6.45) is 1.88. The second-order valence-corrected chi connectivity index (χ2v) is 7.38. The van der Waals surface area contributed by atoms with E-state index in [1.54, 1.807) is 24.3 Å². The van der Waals surface area contributed by atoms with Crippen molar-refractivity contribution in [3.63, 3.8) is 0 Å². The quantitative estimate of drug-likeness (QED) is 0.405. The summed E-state index contributed by atoms with van der Waals surface area (Å²) in [6.45, 7) is 6.59. The Balaban J connectivity index is 1.77. The van der Waals surface area contributed by atoms with E-state index in [-0.39, 0.29) is 11.7 Å². The van der Waals surface area contributed by atoms with Crippen molar-refractivity contribution in [1.82, 2.24) is 16.2 Å². The number of thiocarbonyl (C=S) groups is 1. The Kier molecular flexibility index (Phi) is 9.77. The third kappa shape index (κ3) is 7.90. The lowest BCUT2D eigenvalue weighted by Crippen LogP contribution is -2.49. The van der Waals surface area contributed by atoms with Gasteiger partial charge in [-0.3, -0.25) is 25.8 Å². The summed E-state index contributed by atoms with van der Waals surface area (Å²) in [6, 6.07) is 14.5. The maximum Gasteiger partial charge on any atom is 0.276 e. The molecule has 0 saturated carbocycles. The lowest BCUT2D eigenvalue weighted by atomic mass is 9.99. The Morgan fingerprint density at radius 1 is 1.00 bits per heavy atom. The number of carbonyl (C=O) groups excluding carboxylic acids is 2. The molecule has 0 heterocycles. The number of nitrogens with one attached hydrogen (secondary N) is 3. The van der Waals surface area contributed by atoms with Crippen molar-refractivity contribution in [3.05, 3.63) is 59.7 Å². The van der Waals surface area contributed by atoms with Gasteiger partial charge < -0.3 is 9.47 Å². The molecule has 0 aliphatic heterocycles. The van der Waals surface area contributed by atoms with Crippen LogP contribution >= 0.6 is 12.2 Å². The van der Waals surface area contributed by atoms with Crippen LogP contribution in [-0.4, -0.2) is 30.1 Å². The van der Waals surface area contributed by atoms with Gasteiger partial charge in [0.05, 0.1) is 12.2 Å². The maximum absolute atomic E-state index is 12.4. The van der Waals surface area contributed by atoms with Gasteiger partial charge in [0.15, 0.2) is 11.7 Å². The average Bonchev–Trinajstić information content (AvgIpc) is 2.80. The number of hydrazine groups is 1. The van der Waals surface area contributed by atoms with Crippen molar-refractivity contribution in [2.24, 2.45) is 0 Å². The predicted molar refractivity (Wildman–Crippen MR) is 124 cm³/mol. The Morgan fingerprint density at radius 3 is 2.39 bits per heavy atom. The highest BCUT2D eigenvalue weighted by Crippen LogP contribution is 2.21. The molecule has 8 heteroatoms. The third-order valence-electron chi connectivity index (χ3n) is 4.57. The number of benzene rings is 2. The van der Waals surface area contributed by atoms with E-state index in [2.05, 4.69) is 30.0 Å². The van der Waals surface area contributed by atoms with E-state index in [4.69, 9.17) is 21.7 Å². The molecule has 0 aliphatic rings. The minimum absolute atomic E-state index is 0.0402. The Hall–Kier alpha value is -3.13. The van der Waals surface area contributed by atoms with Crippen molar-refractivity contribution in [1.29, 1.82) is 0 Å². The van der Waals surface area contributed by atoms with Gasteiger partial charge in [0, 0.05) is 0 Å². The van der Waals surface area contributed by atoms with Crippen LogP contribution in [0.5, 0.6) is 11.5 Å². The molecule has 2 amide bonds. The molecule has 0 spiro atoms. The van der Waals surface area contributed by atoms with Gasteiger partial charge in [-0.1, -0.05) is 45.0 Å². The molecule has 0 fully saturated rings. The molecule has 0 radical (unpaired) electrons. The molecule has 1 unspecified atom stereocenters. The number of hydrogen-bond acceptors (Lipinski definition) is 5. The van der Waals surface area contributed by atoms with Crippen LogP contribution in [0.1, 0.15) is 55.5 Å². The van der Waals surface area contributed by atoms with E-state index in [9.17, 15) is 9.59 Å². The van der Waals surface area contributed by atoms with Gasteiger partial charge in [0.25, 0.3) is 11.8 Å². The van der Waals surface area contributed by atoms with Gasteiger partial charge >= 0.3 is 0 Å². The van der Waals surface area contributed by atoms with Crippen LogP contribution in [0.3, 0.4) is 0 Å². The van der Waals surface area contributed by atoms with Crippen LogP contribution in [0.2, 0.25) is 0 Å². The number of ether oxygens (including phenoxy) is 2. The second kappa shape index (κ2) is 12.5. The molecular formula is C23H29N3O4S. The molecule has 0 aliphatic carbocycles. The maximum atomic E-state index is 12.4. The topological polar surface area (TPSA) is 88.7 Å². The van der Waals surface area contributed by atoms with Crippen LogP contribution in [-0.2, 0) is 4.79 Å². The highest BCUT2D eigenvalue weighted by atomic mass is 32.1. The van der Waals surface area contributed by atoms with E-state index in [0.29, 0.717) is 29.6 Å². The molecule has 2 aromatic rings. The number of amides is 2. The molecule has 0 bridgehead atoms. The first-order valence-corrected chi connectivity index (χ1v) is 10.7. The summed E-state index contributed by atoms with van der Waals surface area (Å²) < 4.78 is 11.1. The van der Waals surface area contributed by atoms with E-state index in [1.807, 2.05) is 31.2 Å². The summed E-state index contributed by atoms with van der Waals surface area (Å²) in [5.41, 5.74) is 6.47. The normalized spacial score (nSPS) is 11.2. The van der Waals surface area contributed by atoms with Gasteiger partial charge in [-0.25, -0.2) is 0 Å². The van der Waals surface area contributed by atoms with Gasteiger partial charge in [0.2, 0.25) is 0 Å². The zero-order valence-electron chi connectivity index (χ0n) is 18.1. The smallest absolute Gasteiger partial charge is 0.276 e. The molecular weight excluding hydrogens is 414 g/mol. The number of para-hydroxylation sites is 1. The minimum Gasteiger partial charge on any atom is -0.493 e. The summed E-state index contributed by atoms with van der Waals surface area (Å²) in [5, 5.41) is 2.47. The lowest BCUT2D eigenvalue weighted by molar-refractivity contribution is -0.123. The Labute approximate surface area is 188 Å². The molecule has 7 nitrogen and oxygen atoms in total. The molecule has 31 heavy (non-hydrogen) atoms. The van der Waals surface area contributed by atoms with Gasteiger partial charge in [0.1, 0.15) is 11.5 Å². The zero-order valence-corrected chi connectivity index (χ0v) is 18.9. The standard InChI is InChI=1S/C23H29N3O4S/c1-4-14-29-20-9-7-6-8-19(20)22(28)24-23(31)26-25-21(27)15-30-18-12-10-17(11-13-18)16(3)5-2/h6-13,16H,4-5,14-15H2,1-3H3,(H,25,27)(H2,24,26,28,31). The SMILES string of the molecule is CCCOc1ccccc1C(=O)NC(=S)NNC(=O)COc1ccc(C(C)CC)cc1. The first-order valence-electron chi connectivity index (χ1n) is 10.3. The first kappa shape index (κ1) is 24.1. The Bertz CT molecular complexity index is 887. The van der Waals surface area contributed by atoms with Gasteiger partial charge in [-0.05, 0) is 60.8 Å². The fraction of sp³-hybridized carbons (Fsp3) is 0.348. The van der Waals surface area contributed by atoms with Crippen molar-refractivity contribution in [3.8, 4) is 11.5 Å². The summed E-state index contributed by atoms with van der Waals surface area (Å²) in [4.78, 5) is 24.4. The van der Waals surface area contributed by atoms with Crippen LogP contribution in [0.15, 0.2) is 48.5 Å². The molecule has 3 N–H and O–H groups in total. The van der Waals surface area contributed by atoms with E-state index < -0.39 is 11.8 Å². The zero-order chi connectivity index (χ0) is 22.6. The van der Waals surface area contributed by atoms with Gasteiger partial charge in [-0.2, -0.15) is 0 Å². The van der Waals surface area contributed by atoms with E-state index >= 15 is 0 Å². The van der Waals surface area contributed by atoms with Crippen LogP contribution in [0.25, 0.3) is 0 Å². The van der Waals surface area contributed by atoms with Crippen LogP contribution in [0.4, 0.5) is 0 Å². The summed E-state index contributed by atoms with van der Waals surface area (Å²) in [7, 11) is 0. The molecule has 166 valence electrons. The molecule has 2 rings (SSSR count). The van der Waals surface area contributed by atoms with Crippen molar-refractivity contribution >= 4 is 29.1 Å². The monoisotopic (exact) mass is 443 g/mol. The van der Waals surface area contributed by atoms with Gasteiger partial charge in [-0.15, -0.1) is 0 Å². The first-order chi connectivity index (χ1) is 14.9. The average molecular weight is 444 g/mol. The largest absolute Gasteiger partial charge is 0.493 e. The molecule has 0 saturated heterocycles. The van der Waals surface area contributed by atoms with E-state index in [1.165, 1.54) is 5.56 Å². The third-order valence-corrected chi connectivity index (χ3v) is 4.77. The van der Waals surface area contributed by atoms with Crippen molar-refractivity contribution in [2.75, 3.05) is 13.2 Å². The van der Waals surface area contributed by atoms with Crippen molar-refractivity contribution in [2.45, 2.75) is 39.5 Å². The lowest BCUT2D eigenvalue weighted by Gasteiger charge is -2.14. The second-order valence-electron chi connectivity index (χ2n) is 6.97. The fourth-order valence-electron chi connectivity index (χ4n) is 2.63. The Morgan fingerprint density at radius 2 is 1.71 bits per heavy atom. The van der Waals surface area contributed by atoms with Crippen LogP contribution in [0, 0.1) is 0 Å². The fourth-order valence-corrected chi connectivity index (χ4v) is 2.78. The van der Waals surface area contributed by atoms with E-state index in [0.717, 1.165) is 12.8 Å². The number of hydrogen-bond donors (Lipinski definition) is 3. The molecule has 2 aromatic carbocycles. The minimum atomic E-state index is -0.436. The number of rotatable bonds is 9. The predicted octanol–water partition coefficient (Wildman–Crippen LogP) is 3.70.